The van der Waals surface area contributed by atoms with Gasteiger partial charge in [0.2, 0.25) is 5.91 Å². The second-order valence-corrected chi connectivity index (χ2v) is 7.43. The van der Waals surface area contributed by atoms with E-state index in [1.54, 1.807) is 0 Å². The van der Waals surface area contributed by atoms with Gasteiger partial charge >= 0.3 is 0 Å². The van der Waals surface area contributed by atoms with Crippen LogP contribution in [0.3, 0.4) is 0 Å². The van der Waals surface area contributed by atoms with E-state index in [4.69, 9.17) is 4.74 Å². The highest BCUT2D eigenvalue weighted by Crippen LogP contribution is 2.17. The minimum absolute atomic E-state index is 0.150. The van der Waals surface area contributed by atoms with Crippen LogP contribution >= 0.6 is 15.9 Å². The molecule has 0 aromatic heterocycles. The van der Waals surface area contributed by atoms with E-state index in [0.717, 1.165) is 36.8 Å². The molecule has 29 heavy (non-hydrogen) atoms. The molecule has 7 heteroatoms. The van der Waals surface area contributed by atoms with Crippen molar-refractivity contribution in [2.75, 3.05) is 19.7 Å². The Kier molecular flexibility index (Phi) is 9.64. The Morgan fingerprint density at radius 2 is 1.83 bits per heavy atom. The molecule has 0 saturated carbocycles. The van der Waals surface area contributed by atoms with Crippen LogP contribution in [0.5, 0.6) is 5.75 Å². The molecular weight excluding hydrogens is 439 g/mol. The van der Waals surface area contributed by atoms with Gasteiger partial charge in [-0.2, -0.15) is 0 Å². The molecule has 0 unspecified atom stereocenters. The summed E-state index contributed by atoms with van der Waals surface area (Å²) in [6.07, 6.45) is 3.00. The van der Waals surface area contributed by atoms with Crippen molar-refractivity contribution in [3.63, 3.8) is 0 Å². The summed E-state index contributed by atoms with van der Waals surface area (Å²) in [7, 11) is 0. The van der Waals surface area contributed by atoms with E-state index in [2.05, 4.69) is 33.5 Å². The summed E-state index contributed by atoms with van der Waals surface area (Å²) in [5.41, 5.74) is 1.31. The maximum absolute atomic E-state index is 13.3. The van der Waals surface area contributed by atoms with E-state index in [1.165, 1.54) is 12.1 Å². The molecule has 0 aliphatic heterocycles. The van der Waals surface area contributed by atoms with Crippen LogP contribution < -0.4 is 15.4 Å². The maximum Gasteiger partial charge on any atom is 0.252 e. The third-order valence-electron chi connectivity index (χ3n) is 4.24. The number of carbonyl (C=O) groups excluding carboxylic acids is 2. The van der Waals surface area contributed by atoms with Crippen molar-refractivity contribution in [2.45, 2.75) is 32.6 Å². The fraction of sp³-hybridized carbons (Fsp3) is 0.364. The molecule has 2 N–H and O–H groups in total. The SMILES string of the molecule is CCCCOc1ccc(CCNC(=O)CCNC(=O)c2cc(F)ccc2Br)cc1. The second kappa shape index (κ2) is 12.2. The third kappa shape index (κ3) is 8.23. The van der Waals surface area contributed by atoms with E-state index < -0.39 is 11.7 Å². The smallest absolute Gasteiger partial charge is 0.252 e. The number of hydrogen-bond donors (Lipinski definition) is 2. The number of halogens is 2. The summed E-state index contributed by atoms with van der Waals surface area (Å²) in [6, 6.07) is 11.7. The number of benzene rings is 2. The van der Waals surface area contributed by atoms with Gasteiger partial charge in [-0.05, 0) is 64.7 Å². The molecule has 0 bridgehead atoms. The van der Waals surface area contributed by atoms with Crippen LogP contribution in [-0.4, -0.2) is 31.5 Å². The van der Waals surface area contributed by atoms with Gasteiger partial charge in [0.15, 0.2) is 0 Å². The Morgan fingerprint density at radius 3 is 2.55 bits per heavy atom. The van der Waals surface area contributed by atoms with Crippen molar-refractivity contribution in [1.29, 1.82) is 0 Å². The van der Waals surface area contributed by atoms with Crippen molar-refractivity contribution in [3.05, 3.63) is 63.9 Å². The average molecular weight is 465 g/mol. The van der Waals surface area contributed by atoms with Crippen LogP contribution in [0, 0.1) is 5.82 Å². The molecule has 0 aliphatic carbocycles. The topological polar surface area (TPSA) is 67.4 Å². The number of unbranched alkanes of at least 4 members (excludes halogenated alkanes) is 1. The fourth-order valence-corrected chi connectivity index (χ4v) is 3.00. The second-order valence-electron chi connectivity index (χ2n) is 6.58. The quantitative estimate of drug-likeness (QED) is 0.488. The largest absolute Gasteiger partial charge is 0.494 e. The summed E-state index contributed by atoms with van der Waals surface area (Å²) in [5.74, 6) is -0.211. The Morgan fingerprint density at radius 1 is 1.07 bits per heavy atom. The van der Waals surface area contributed by atoms with Crippen molar-refractivity contribution in [3.8, 4) is 5.75 Å². The highest BCUT2D eigenvalue weighted by Gasteiger charge is 2.11. The molecule has 2 rings (SSSR count). The summed E-state index contributed by atoms with van der Waals surface area (Å²) >= 11 is 3.21. The molecule has 0 radical (unpaired) electrons. The molecule has 0 aliphatic rings. The molecule has 156 valence electrons. The van der Waals surface area contributed by atoms with Gasteiger partial charge in [-0.1, -0.05) is 25.5 Å². The Hall–Kier alpha value is -2.41. The van der Waals surface area contributed by atoms with Gasteiger partial charge in [0, 0.05) is 24.0 Å². The molecule has 2 aromatic carbocycles. The number of carbonyl (C=O) groups is 2. The Balaban J connectivity index is 1.64. The van der Waals surface area contributed by atoms with Crippen LogP contribution in [0.25, 0.3) is 0 Å². The molecule has 0 heterocycles. The number of hydrogen-bond acceptors (Lipinski definition) is 3. The van der Waals surface area contributed by atoms with Crippen molar-refractivity contribution in [1.82, 2.24) is 10.6 Å². The summed E-state index contributed by atoms with van der Waals surface area (Å²) in [6.45, 7) is 3.53. The molecule has 0 fully saturated rings. The van der Waals surface area contributed by atoms with E-state index in [9.17, 15) is 14.0 Å². The summed E-state index contributed by atoms with van der Waals surface area (Å²) < 4.78 is 19.4. The van der Waals surface area contributed by atoms with Crippen LogP contribution in [0.15, 0.2) is 46.9 Å². The van der Waals surface area contributed by atoms with Crippen LogP contribution in [0.1, 0.15) is 42.1 Å². The number of amides is 2. The average Bonchev–Trinajstić information content (AvgIpc) is 2.71. The lowest BCUT2D eigenvalue weighted by Gasteiger charge is -2.09. The van der Waals surface area contributed by atoms with E-state index in [0.29, 0.717) is 17.4 Å². The first-order valence-electron chi connectivity index (χ1n) is 9.71. The minimum atomic E-state index is -0.489. The van der Waals surface area contributed by atoms with Crippen molar-refractivity contribution < 1.29 is 18.7 Å². The molecule has 5 nitrogen and oxygen atoms in total. The van der Waals surface area contributed by atoms with Gasteiger partial charge in [0.1, 0.15) is 11.6 Å². The standard InChI is InChI=1S/C22H26BrFN2O3/c1-2-3-14-29-18-7-4-16(5-8-18)10-12-25-21(27)11-13-26-22(28)19-15-17(24)6-9-20(19)23/h4-9,15H,2-3,10-14H2,1H3,(H,25,27)(H,26,28). The van der Waals surface area contributed by atoms with Crippen LogP contribution in [0.4, 0.5) is 4.39 Å². The van der Waals surface area contributed by atoms with E-state index >= 15 is 0 Å². The predicted octanol–water partition coefficient (Wildman–Crippen LogP) is 4.25. The minimum Gasteiger partial charge on any atom is -0.494 e. The van der Waals surface area contributed by atoms with Gasteiger partial charge in [0.05, 0.1) is 12.2 Å². The normalized spacial score (nSPS) is 10.4. The molecular formula is C22H26BrFN2O3. The highest BCUT2D eigenvalue weighted by molar-refractivity contribution is 9.10. The van der Waals surface area contributed by atoms with Crippen LogP contribution in [-0.2, 0) is 11.2 Å². The van der Waals surface area contributed by atoms with Gasteiger partial charge in [-0.15, -0.1) is 0 Å². The zero-order valence-electron chi connectivity index (χ0n) is 16.5. The zero-order chi connectivity index (χ0) is 21.1. The first kappa shape index (κ1) is 22.9. The monoisotopic (exact) mass is 464 g/mol. The summed E-state index contributed by atoms with van der Waals surface area (Å²) in [4.78, 5) is 24.0. The van der Waals surface area contributed by atoms with Gasteiger partial charge < -0.3 is 15.4 Å². The van der Waals surface area contributed by atoms with Crippen LogP contribution in [0.2, 0.25) is 0 Å². The molecule has 2 aromatic rings. The lowest BCUT2D eigenvalue weighted by molar-refractivity contribution is -0.120. The molecule has 0 saturated heterocycles. The van der Waals surface area contributed by atoms with Crippen molar-refractivity contribution in [2.24, 2.45) is 0 Å². The van der Waals surface area contributed by atoms with E-state index in [-0.39, 0.29) is 24.4 Å². The molecule has 0 spiro atoms. The molecule has 0 atom stereocenters. The first-order valence-corrected chi connectivity index (χ1v) is 10.5. The fourth-order valence-electron chi connectivity index (χ4n) is 2.58. The number of nitrogens with one attached hydrogen (secondary N) is 2. The highest BCUT2D eigenvalue weighted by atomic mass is 79.9. The zero-order valence-corrected chi connectivity index (χ0v) is 18.1. The lowest BCUT2D eigenvalue weighted by Crippen LogP contribution is -2.31. The lowest BCUT2D eigenvalue weighted by atomic mass is 10.1. The predicted molar refractivity (Wildman–Crippen MR) is 115 cm³/mol. The Bertz CT molecular complexity index is 812. The van der Waals surface area contributed by atoms with Crippen molar-refractivity contribution >= 4 is 27.7 Å². The Labute approximate surface area is 179 Å². The van der Waals surface area contributed by atoms with E-state index in [1.807, 2.05) is 24.3 Å². The van der Waals surface area contributed by atoms with Gasteiger partial charge in [-0.3, -0.25) is 9.59 Å². The molecule has 2 amide bonds. The maximum atomic E-state index is 13.3. The van der Waals surface area contributed by atoms with Gasteiger partial charge in [0.25, 0.3) is 5.91 Å². The number of ether oxygens (including phenoxy) is 1. The number of rotatable bonds is 11. The third-order valence-corrected chi connectivity index (χ3v) is 4.93. The first-order chi connectivity index (χ1) is 14.0. The van der Waals surface area contributed by atoms with Gasteiger partial charge in [-0.25, -0.2) is 4.39 Å². The summed E-state index contributed by atoms with van der Waals surface area (Å²) in [5, 5.41) is 5.45.